The van der Waals surface area contributed by atoms with Crippen molar-refractivity contribution < 1.29 is 19.1 Å². The first-order valence-corrected chi connectivity index (χ1v) is 4.99. The van der Waals surface area contributed by atoms with Crippen LogP contribution in [0.3, 0.4) is 0 Å². The quantitative estimate of drug-likeness (QED) is 0.329. The van der Waals surface area contributed by atoms with Crippen molar-refractivity contribution in [2.24, 2.45) is 0 Å². The summed E-state index contributed by atoms with van der Waals surface area (Å²) >= 11 is 1.31. The number of esters is 1. The standard InChI is InChI=1S/C9H9NO4S/c1-5-10-6(4-15-5)7(11)3-8(12)9(13)14-2/h4H,3H2,1-2H3. The van der Waals surface area contributed by atoms with Gasteiger partial charge in [0.25, 0.3) is 0 Å². The maximum Gasteiger partial charge on any atom is 0.374 e. The first-order chi connectivity index (χ1) is 7.04. The monoisotopic (exact) mass is 227 g/mol. The topological polar surface area (TPSA) is 73.3 Å². The molecule has 1 heterocycles. The predicted molar refractivity (Wildman–Crippen MR) is 52.8 cm³/mol. The number of rotatable bonds is 4. The van der Waals surface area contributed by atoms with E-state index in [0.717, 1.165) is 12.1 Å². The van der Waals surface area contributed by atoms with E-state index in [1.807, 2.05) is 0 Å². The molecule has 0 N–H and O–H groups in total. The third kappa shape index (κ3) is 2.95. The lowest BCUT2D eigenvalue weighted by Crippen LogP contribution is -2.19. The second-order valence-corrected chi connectivity index (χ2v) is 3.83. The molecule has 1 aromatic rings. The van der Waals surface area contributed by atoms with Crippen molar-refractivity contribution in [3.05, 3.63) is 16.1 Å². The van der Waals surface area contributed by atoms with Gasteiger partial charge in [0, 0.05) is 5.38 Å². The van der Waals surface area contributed by atoms with E-state index >= 15 is 0 Å². The van der Waals surface area contributed by atoms with Crippen molar-refractivity contribution in [2.75, 3.05) is 7.11 Å². The highest BCUT2D eigenvalue weighted by atomic mass is 32.1. The van der Waals surface area contributed by atoms with E-state index in [2.05, 4.69) is 9.72 Å². The number of nitrogens with zero attached hydrogens (tertiary/aromatic N) is 1. The van der Waals surface area contributed by atoms with Crippen LogP contribution in [0.2, 0.25) is 0 Å². The van der Waals surface area contributed by atoms with E-state index in [1.165, 1.54) is 11.3 Å². The molecule has 1 rings (SSSR count). The molecule has 0 saturated heterocycles. The molecule has 0 bridgehead atoms. The Labute approximate surface area is 90.1 Å². The molecule has 6 heteroatoms. The summed E-state index contributed by atoms with van der Waals surface area (Å²) in [5.74, 6) is -2.32. The summed E-state index contributed by atoms with van der Waals surface area (Å²) in [7, 11) is 1.09. The van der Waals surface area contributed by atoms with Crippen LogP contribution in [0.4, 0.5) is 0 Å². The summed E-state index contributed by atoms with van der Waals surface area (Å²) < 4.78 is 4.20. The van der Waals surface area contributed by atoms with Crippen molar-refractivity contribution in [1.82, 2.24) is 4.98 Å². The molecule has 0 spiro atoms. The molecule has 0 saturated carbocycles. The maximum atomic E-state index is 11.4. The van der Waals surface area contributed by atoms with Crippen molar-refractivity contribution >= 4 is 28.9 Å². The molecule has 0 fully saturated rings. The van der Waals surface area contributed by atoms with Gasteiger partial charge >= 0.3 is 5.97 Å². The fraction of sp³-hybridized carbons (Fsp3) is 0.333. The molecule has 80 valence electrons. The van der Waals surface area contributed by atoms with Crippen molar-refractivity contribution in [3.63, 3.8) is 0 Å². The number of hydrogen-bond donors (Lipinski definition) is 0. The molecule has 0 aromatic carbocycles. The highest BCUT2D eigenvalue weighted by molar-refractivity contribution is 7.09. The number of carbonyl (C=O) groups is 3. The molecule has 0 radical (unpaired) electrons. The molecule has 0 unspecified atom stereocenters. The summed E-state index contributed by atoms with van der Waals surface area (Å²) in [6.45, 7) is 1.75. The van der Waals surface area contributed by atoms with Gasteiger partial charge in [0.2, 0.25) is 5.78 Å². The number of ketones is 2. The molecule has 0 aliphatic carbocycles. The predicted octanol–water partition coefficient (Wildman–Crippen LogP) is 0.766. The van der Waals surface area contributed by atoms with Crippen molar-refractivity contribution in [1.29, 1.82) is 0 Å². The molecule has 0 amide bonds. The van der Waals surface area contributed by atoms with Gasteiger partial charge in [-0.2, -0.15) is 0 Å². The zero-order chi connectivity index (χ0) is 11.4. The fourth-order valence-corrected chi connectivity index (χ4v) is 1.53. The minimum atomic E-state index is -1.00. The summed E-state index contributed by atoms with van der Waals surface area (Å²) in [4.78, 5) is 37.1. The maximum absolute atomic E-state index is 11.4. The second kappa shape index (κ2) is 4.79. The van der Waals surface area contributed by atoms with E-state index in [4.69, 9.17) is 0 Å². The van der Waals surface area contributed by atoms with Crippen LogP contribution in [0.5, 0.6) is 0 Å². The zero-order valence-corrected chi connectivity index (χ0v) is 9.09. The van der Waals surface area contributed by atoms with Gasteiger partial charge in [0.15, 0.2) is 5.78 Å². The molecule has 0 aliphatic heterocycles. The highest BCUT2D eigenvalue weighted by Crippen LogP contribution is 2.10. The van der Waals surface area contributed by atoms with Crippen LogP contribution in [0.25, 0.3) is 0 Å². The van der Waals surface area contributed by atoms with Crippen LogP contribution < -0.4 is 0 Å². The number of aryl methyl sites for hydroxylation is 1. The minimum absolute atomic E-state index is 0.217. The Balaban J connectivity index is 2.64. The van der Waals surface area contributed by atoms with Gasteiger partial charge in [-0.3, -0.25) is 9.59 Å². The Kier molecular flexibility index (Phi) is 3.68. The number of ether oxygens (including phenoxy) is 1. The van der Waals surface area contributed by atoms with E-state index in [0.29, 0.717) is 0 Å². The van der Waals surface area contributed by atoms with Gasteiger partial charge in [-0.15, -0.1) is 11.3 Å². The molecular formula is C9H9NO4S. The third-order valence-electron chi connectivity index (χ3n) is 1.64. The number of Topliss-reactive ketones (excluding diaryl/α,β-unsaturated/α-hetero) is 2. The Bertz CT molecular complexity index is 410. The lowest BCUT2D eigenvalue weighted by molar-refractivity contribution is -0.151. The van der Waals surface area contributed by atoms with Gasteiger partial charge in [-0.1, -0.05) is 0 Å². The average Bonchev–Trinajstić information content (AvgIpc) is 2.63. The number of aromatic nitrogens is 1. The van der Waals surface area contributed by atoms with Gasteiger partial charge in [-0.05, 0) is 6.92 Å². The van der Waals surface area contributed by atoms with E-state index in [9.17, 15) is 14.4 Å². The molecule has 0 atom stereocenters. The van der Waals surface area contributed by atoms with Gasteiger partial charge in [0.05, 0.1) is 18.5 Å². The van der Waals surface area contributed by atoms with Crippen LogP contribution >= 0.6 is 11.3 Å². The largest absolute Gasteiger partial charge is 0.463 e. The molecule has 1 aromatic heterocycles. The normalized spacial score (nSPS) is 9.73. The van der Waals surface area contributed by atoms with Crippen LogP contribution in [0.15, 0.2) is 5.38 Å². The Morgan fingerprint density at radius 1 is 1.47 bits per heavy atom. The van der Waals surface area contributed by atoms with Crippen LogP contribution in [0, 0.1) is 6.92 Å². The van der Waals surface area contributed by atoms with Crippen LogP contribution in [-0.4, -0.2) is 29.6 Å². The Morgan fingerprint density at radius 3 is 2.60 bits per heavy atom. The molecule has 15 heavy (non-hydrogen) atoms. The van der Waals surface area contributed by atoms with Crippen molar-refractivity contribution in [2.45, 2.75) is 13.3 Å². The summed E-state index contributed by atoms with van der Waals surface area (Å²) in [5.41, 5.74) is 0.217. The Morgan fingerprint density at radius 2 is 2.13 bits per heavy atom. The summed E-state index contributed by atoms with van der Waals surface area (Å²) in [6, 6.07) is 0. The average molecular weight is 227 g/mol. The smallest absolute Gasteiger partial charge is 0.374 e. The number of methoxy groups -OCH3 is 1. The Hall–Kier alpha value is -1.56. The third-order valence-corrected chi connectivity index (χ3v) is 2.41. The zero-order valence-electron chi connectivity index (χ0n) is 8.27. The van der Waals surface area contributed by atoms with E-state index < -0.39 is 24.0 Å². The highest BCUT2D eigenvalue weighted by Gasteiger charge is 2.20. The second-order valence-electron chi connectivity index (χ2n) is 2.77. The van der Waals surface area contributed by atoms with Crippen molar-refractivity contribution in [3.8, 4) is 0 Å². The van der Waals surface area contributed by atoms with Crippen LogP contribution in [-0.2, 0) is 14.3 Å². The molecule has 5 nitrogen and oxygen atoms in total. The first kappa shape index (κ1) is 11.5. The lowest BCUT2D eigenvalue weighted by Gasteiger charge is -1.96. The molecular weight excluding hydrogens is 218 g/mol. The van der Waals surface area contributed by atoms with E-state index in [1.54, 1.807) is 12.3 Å². The van der Waals surface area contributed by atoms with Gasteiger partial charge in [0.1, 0.15) is 5.69 Å². The summed E-state index contributed by atoms with van der Waals surface area (Å²) in [6.07, 6.45) is -0.490. The first-order valence-electron chi connectivity index (χ1n) is 4.11. The summed E-state index contributed by atoms with van der Waals surface area (Å²) in [5, 5.41) is 2.30. The van der Waals surface area contributed by atoms with E-state index in [-0.39, 0.29) is 5.69 Å². The number of thiazole rings is 1. The molecule has 0 aliphatic rings. The number of hydrogen-bond acceptors (Lipinski definition) is 6. The SMILES string of the molecule is COC(=O)C(=O)CC(=O)c1csc(C)n1. The lowest BCUT2D eigenvalue weighted by atomic mass is 10.1. The van der Waals surface area contributed by atoms with Gasteiger partial charge < -0.3 is 4.74 Å². The number of carbonyl (C=O) groups excluding carboxylic acids is 3. The minimum Gasteiger partial charge on any atom is -0.463 e. The fourth-order valence-electron chi connectivity index (χ4n) is 0.914. The van der Waals surface area contributed by atoms with Crippen LogP contribution in [0.1, 0.15) is 21.9 Å². The van der Waals surface area contributed by atoms with Gasteiger partial charge in [-0.25, -0.2) is 9.78 Å².